The van der Waals surface area contributed by atoms with E-state index in [0.29, 0.717) is 42.5 Å². The second-order valence-corrected chi connectivity index (χ2v) is 10.3. The maximum absolute atomic E-state index is 13.9. The van der Waals surface area contributed by atoms with Crippen molar-refractivity contribution in [1.82, 2.24) is 25.7 Å². The molecule has 2 aromatic carbocycles. The highest BCUT2D eigenvalue weighted by molar-refractivity contribution is 8.18. The van der Waals surface area contributed by atoms with Gasteiger partial charge >= 0.3 is 6.18 Å². The van der Waals surface area contributed by atoms with Crippen LogP contribution in [0.15, 0.2) is 52.5 Å². The van der Waals surface area contributed by atoms with Crippen molar-refractivity contribution in [2.24, 2.45) is 4.99 Å². The topological polar surface area (TPSA) is 102 Å². The predicted octanol–water partition coefficient (Wildman–Crippen LogP) is 3.84. The molecule has 2 aliphatic heterocycles. The van der Waals surface area contributed by atoms with Crippen molar-refractivity contribution in [2.75, 3.05) is 32.7 Å². The van der Waals surface area contributed by atoms with Crippen LogP contribution in [0.25, 0.3) is 16.5 Å². The molecule has 3 N–H and O–H groups in total. The van der Waals surface area contributed by atoms with Gasteiger partial charge in [0.1, 0.15) is 0 Å². The highest BCUT2D eigenvalue weighted by atomic mass is 35.5. The highest BCUT2D eigenvalue weighted by Crippen LogP contribution is 2.40. The molecule has 3 aromatic rings. The largest absolute Gasteiger partial charge is 0.416 e. The quantitative estimate of drug-likeness (QED) is 0.395. The molecule has 2 amide bonds. The molecule has 0 bridgehead atoms. The van der Waals surface area contributed by atoms with Crippen LogP contribution >= 0.6 is 23.4 Å². The van der Waals surface area contributed by atoms with Crippen molar-refractivity contribution < 1.29 is 22.8 Å². The van der Waals surface area contributed by atoms with Gasteiger partial charge < -0.3 is 10.6 Å². The molecule has 198 valence electrons. The van der Waals surface area contributed by atoms with Crippen LogP contribution in [0.5, 0.6) is 0 Å². The molecule has 0 unspecified atom stereocenters. The van der Waals surface area contributed by atoms with E-state index >= 15 is 0 Å². The first kappa shape index (κ1) is 26.3. The Morgan fingerprint density at radius 3 is 2.82 bits per heavy atom. The number of carbonyl (C=O) groups is 2. The molecular formula is C25H22ClF3N6O2S. The molecule has 2 aliphatic rings. The molecule has 0 saturated carbocycles. The lowest BCUT2D eigenvalue weighted by Crippen LogP contribution is -2.49. The van der Waals surface area contributed by atoms with Gasteiger partial charge in [0.25, 0.3) is 5.91 Å². The van der Waals surface area contributed by atoms with Gasteiger partial charge in [-0.15, -0.1) is 0 Å². The lowest BCUT2D eigenvalue weighted by Gasteiger charge is -2.26. The summed E-state index contributed by atoms with van der Waals surface area (Å²) in [4.78, 5) is 30.9. The Hall–Kier alpha value is -3.35. The number of alkyl halides is 3. The summed E-state index contributed by atoms with van der Waals surface area (Å²) in [5.41, 5.74) is 0.913. The van der Waals surface area contributed by atoms with Crippen LogP contribution < -0.4 is 10.6 Å². The van der Waals surface area contributed by atoms with E-state index in [-0.39, 0.29) is 27.8 Å². The number of hydrogen-bond donors (Lipinski definition) is 3. The van der Waals surface area contributed by atoms with Crippen molar-refractivity contribution >= 4 is 56.8 Å². The Morgan fingerprint density at radius 1 is 1.18 bits per heavy atom. The smallest absolute Gasteiger partial charge is 0.363 e. The van der Waals surface area contributed by atoms with Gasteiger partial charge in [-0.05, 0) is 59.1 Å². The summed E-state index contributed by atoms with van der Waals surface area (Å²) in [5, 5.41) is 13.8. The number of halogens is 4. The average molecular weight is 563 g/mol. The van der Waals surface area contributed by atoms with Gasteiger partial charge in [-0.2, -0.15) is 23.3 Å². The van der Waals surface area contributed by atoms with Crippen molar-refractivity contribution in [3.63, 3.8) is 0 Å². The molecule has 38 heavy (non-hydrogen) atoms. The third kappa shape index (κ3) is 5.87. The van der Waals surface area contributed by atoms with E-state index in [1.165, 1.54) is 12.1 Å². The van der Waals surface area contributed by atoms with Crippen LogP contribution in [0.3, 0.4) is 0 Å². The Balaban J connectivity index is 1.44. The van der Waals surface area contributed by atoms with Crippen LogP contribution in [0.1, 0.15) is 16.7 Å². The van der Waals surface area contributed by atoms with Gasteiger partial charge in [0.05, 0.1) is 28.7 Å². The highest BCUT2D eigenvalue weighted by Gasteiger charge is 2.35. The summed E-state index contributed by atoms with van der Waals surface area (Å²) in [7, 11) is 0. The number of aromatic nitrogens is 2. The Morgan fingerprint density at radius 2 is 2.03 bits per heavy atom. The summed E-state index contributed by atoms with van der Waals surface area (Å²) >= 11 is 6.97. The number of nitrogens with one attached hydrogen (secondary N) is 3. The molecule has 5 rings (SSSR count). The van der Waals surface area contributed by atoms with Crippen LogP contribution in [-0.2, 0) is 22.2 Å². The number of allylic oxidation sites excluding steroid dienone is 1. The predicted molar refractivity (Wildman–Crippen MR) is 141 cm³/mol. The minimum atomic E-state index is -4.62. The molecule has 3 heterocycles. The standard InChI is InChI=1S/C25H22ClF3N6O2S/c26-17-3-1-15(19(11-17)25(27,28)29)10-18(14-2-4-20-16(9-14)12-32-34-20)22-23(37)33-24(38-22)31-6-8-35-7-5-30-21(36)13-35/h1-4,9,11-12H,5-8,10,13H2,(H,30,36)(H,32,34)(H,31,33,37). The summed E-state index contributed by atoms with van der Waals surface area (Å²) in [6.07, 6.45) is -3.17. The number of thioether (sulfide) groups is 1. The minimum Gasteiger partial charge on any atom is -0.363 e. The first-order valence-corrected chi connectivity index (χ1v) is 12.9. The molecule has 13 heteroatoms. The minimum absolute atomic E-state index is 0.00475. The van der Waals surface area contributed by atoms with E-state index in [1.807, 2.05) is 4.90 Å². The number of rotatable bonds is 6. The van der Waals surface area contributed by atoms with Crippen LogP contribution in [0.2, 0.25) is 5.02 Å². The zero-order valence-corrected chi connectivity index (χ0v) is 21.4. The van der Waals surface area contributed by atoms with E-state index < -0.39 is 17.6 Å². The third-order valence-corrected chi connectivity index (χ3v) is 7.51. The number of amidine groups is 1. The van der Waals surface area contributed by atoms with E-state index in [0.717, 1.165) is 35.3 Å². The Bertz CT molecular complexity index is 1470. The number of piperazine rings is 1. The molecule has 8 nitrogen and oxygen atoms in total. The number of hydrogen-bond acceptors (Lipinski definition) is 6. The lowest BCUT2D eigenvalue weighted by atomic mass is 9.93. The fourth-order valence-corrected chi connectivity index (χ4v) is 5.49. The zero-order chi connectivity index (χ0) is 26.9. The Labute approximate surface area is 224 Å². The normalized spacial score (nSPS) is 18.1. The van der Waals surface area contributed by atoms with E-state index in [1.54, 1.807) is 24.4 Å². The summed E-state index contributed by atoms with van der Waals surface area (Å²) < 4.78 is 41.6. The first-order chi connectivity index (χ1) is 18.2. The number of nitrogens with zero attached hydrogens (tertiary/aromatic N) is 3. The number of benzene rings is 2. The fourth-order valence-electron chi connectivity index (χ4n) is 4.38. The fraction of sp³-hybridized carbons (Fsp3) is 0.280. The van der Waals surface area contributed by atoms with Crippen LogP contribution in [0.4, 0.5) is 13.2 Å². The maximum atomic E-state index is 13.9. The second kappa shape index (κ2) is 10.8. The van der Waals surface area contributed by atoms with Gasteiger partial charge in [0, 0.05) is 36.6 Å². The molecular weight excluding hydrogens is 541 g/mol. The van der Waals surface area contributed by atoms with Crippen molar-refractivity contribution in [3.05, 3.63) is 69.2 Å². The third-order valence-electron chi connectivity index (χ3n) is 6.23. The van der Waals surface area contributed by atoms with Gasteiger partial charge in [-0.3, -0.25) is 19.6 Å². The second-order valence-electron chi connectivity index (χ2n) is 8.83. The van der Waals surface area contributed by atoms with Gasteiger partial charge in [-0.25, -0.2) is 0 Å². The van der Waals surface area contributed by atoms with Gasteiger partial charge in [-0.1, -0.05) is 23.7 Å². The number of fused-ring (bicyclic) bond motifs is 1. The zero-order valence-electron chi connectivity index (χ0n) is 19.9. The number of H-pyrrole nitrogens is 1. The Kier molecular flexibility index (Phi) is 7.46. The number of aromatic amines is 1. The molecule has 0 atom stereocenters. The van der Waals surface area contributed by atoms with E-state index in [2.05, 4.69) is 25.8 Å². The van der Waals surface area contributed by atoms with Crippen molar-refractivity contribution in [3.8, 4) is 0 Å². The van der Waals surface area contributed by atoms with Gasteiger partial charge in [0.2, 0.25) is 5.91 Å². The van der Waals surface area contributed by atoms with Crippen molar-refractivity contribution in [1.29, 1.82) is 0 Å². The van der Waals surface area contributed by atoms with E-state index in [4.69, 9.17) is 11.6 Å². The molecule has 1 fully saturated rings. The first-order valence-electron chi connectivity index (χ1n) is 11.7. The van der Waals surface area contributed by atoms with Crippen LogP contribution in [-0.4, -0.2) is 64.8 Å². The number of carbonyl (C=O) groups excluding carboxylic acids is 2. The summed E-state index contributed by atoms with van der Waals surface area (Å²) in [6.45, 7) is 2.62. The van der Waals surface area contributed by atoms with E-state index in [9.17, 15) is 22.8 Å². The molecule has 1 aromatic heterocycles. The molecule has 0 spiro atoms. The molecule has 0 radical (unpaired) electrons. The monoisotopic (exact) mass is 562 g/mol. The summed E-state index contributed by atoms with van der Waals surface area (Å²) in [6, 6.07) is 8.93. The number of amides is 2. The van der Waals surface area contributed by atoms with Gasteiger partial charge in [0.15, 0.2) is 5.17 Å². The summed E-state index contributed by atoms with van der Waals surface area (Å²) in [5.74, 6) is -0.566. The maximum Gasteiger partial charge on any atom is 0.416 e. The molecule has 1 saturated heterocycles. The number of aliphatic imine (C=N–C) groups is 1. The molecule has 0 aliphatic carbocycles. The SMILES string of the molecule is O=C1CN(CCNC2=NC(=O)C(=C(Cc3ccc(Cl)cc3C(F)(F)F)c3ccc4[nH]ncc4c3)S2)CCN1. The lowest BCUT2D eigenvalue weighted by molar-refractivity contribution is -0.138. The van der Waals surface area contributed by atoms with Crippen molar-refractivity contribution in [2.45, 2.75) is 12.6 Å². The average Bonchev–Trinajstić information content (AvgIpc) is 3.48. The van der Waals surface area contributed by atoms with Crippen LogP contribution in [0, 0.1) is 0 Å².